The number of imidazole rings is 1. The fourth-order valence-corrected chi connectivity index (χ4v) is 4.43. The molecule has 0 unspecified atom stereocenters. The molecule has 1 aromatic heterocycles. The number of anilines is 2. The van der Waals surface area contributed by atoms with Gasteiger partial charge in [0, 0.05) is 24.5 Å². The van der Waals surface area contributed by atoms with E-state index in [9.17, 15) is 5.11 Å². The summed E-state index contributed by atoms with van der Waals surface area (Å²) in [5.41, 5.74) is 6.75. The van der Waals surface area contributed by atoms with Crippen molar-refractivity contribution in [2.24, 2.45) is 0 Å². The van der Waals surface area contributed by atoms with Gasteiger partial charge in [-0.05, 0) is 80.6 Å². The maximum absolute atomic E-state index is 10.7. The predicted octanol–water partition coefficient (Wildman–Crippen LogP) is 4.94. The molecule has 3 aromatic rings. The lowest BCUT2D eigenvalue weighted by molar-refractivity contribution is 0.411. The number of fused-ring (bicyclic) bond motifs is 1. The Hall–Kier alpha value is -3.28. The monoisotopic (exact) mass is 401 g/mol. The number of aryl methyl sites for hydroxylation is 2. The van der Waals surface area contributed by atoms with E-state index in [4.69, 9.17) is 5.41 Å². The summed E-state index contributed by atoms with van der Waals surface area (Å²) in [4.78, 5) is 12.2. The van der Waals surface area contributed by atoms with E-state index in [2.05, 4.69) is 46.9 Å². The Morgan fingerprint density at radius 3 is 2.37 bits per heavy atom. The molecule has 0 atom stereocenters. The molecule has 0 spiro atoms. The van der Waals surface area contributed by atoms with Gasteiger partial charge in [0.1, 0.15) is 17.4 Å². The van der Waals surface area contributed by atoms with E-state index in [1.54, 1.807) is 0 Å². The summed E-state index contributed by atoms with van der Waals surface area (Å²) >= 11 is 0. The van der Waals surface area contributed by atoms with Crippen molar-refractivity contribution in [2.45, 2.75) is 33.1 Å². The zero-order valence-electron chi connectivity index (χ0n) is 17.5. The van der Waals surface area contributed by atoms with Gasteiger partial charge >= 0.3 is 0 Å². The molecule has 30 heavy (non-hydrogen) atoms. The van der Waals surface area contributed by atoms with E-state index < -0.39 is 0 Å². The Bertz CT molecular complexity index is 1110. The van der Waals surface area contributed by atoms with Gasteiger partial charge in [-0.3, -0.25) is 5.41 Å². The van der Waals surface area contributed by atoms with Gasteiger partial charge in [-0.1, -0.05) is 0 Å². The number of aliphatic hydroxyl groups is 1. The summed E-state index contributed by atoms with van der Waals surface area (Å²) in [6, 6.07) is 12.4. The molecular formula is C24H27N5O. The molecule has 6 heteroatoms. The lowest BCUT2D eigenvalue weighted by Crippen LogP contribution is -2.29. The lowest BCUT2D eigenvalue weighted by atomic mass is 10.1. The molecule has 2 aliphatic heterocycles. The Morgan fingerprint density at radius 1 is 0.967 bits per heavy atom. The second-order valence-corrected chi connectivity index (χ2v) is 8.36. The van der Waals surface area contributed by atoms with Crippen LogP contribution in [0, 0.1) is 19.3 Å². The molecule has 6 nitrogen and oxygen atoms in total. The molecular weight excluding hydrogens is 374 g/mol. The summed E-state index contributed by atoms with van der Waals surface area (Å²) in [5, 5.41) is 19.4. The van der Waals surface area contributed by atoms with Crippen molar-refractivity contribution in [3.05, 3.63) is 59.1 Å². The highest BCUT2D eigenvalue weighted by Gasteiger charge is 2.31. The van der Waals surface area contributed by atoms with E-state index in [0.717, 1.165) is 29.8 Å². The van der Waals surface area contributed by atoms with Gasteiger partial charge in [-0.15, -0.1) is 0 Å². The highest BCUT2D eigenvalue weighted by molar-refractivity contribution is 6.30. The first-order valence-corrected chi connectivity index (χ1v) is 10.6. The predicted molar refractivity (Wildman–Crippen MR) is 123 cm³/mol. The van der Waals surface area contributed by atoms with Crippen LogP contribution in [0.1, 0.15) is 36.2 Å². The largest absolute Gasteiger partial charge is 0.509 e. The number of aliphatic hydroxyl groups excluding tert-OH is 1. The Labute approximate surface area is 176 Å². The van der Waals surface area contributed by atoms with Crippen LogP contribution in [0.15, 0.2) is 42.2 Å². The number of hydrogen-bond donors (Lipinski definition) is 3. The van der Waals surface area contributed by atoms with Crippen LogP contribution < -0.4 is 9.80 Å². The minimum Gasteiger partial charge on any atom is -0.509 e. The Kier molecular flexibility index (Phi) is 4.50. The van der Waals surface area contributed by atoms with Crippen LogP contribution in [0.5, 0.6) is 0 Å². The second kappa shape index (κ2) is 7.20. The second-order valence-electron chi connectivity index (χ2n) is 8.36. The van der Waals surface area contributed by atoms with Crippen molar-refractivity contribution in [1.29, 1.82) is 5.41 Å². The molecule has 154 valence electrons. The summed E-state index contributed by atoms with van der Waals surface area (Å²) in [6.45, 7) is 6.63. The number of aromatic amines is 1. The first-order valence-electron chi connectivity index (χ1n) is 10.6. The highest BCUT2D eigenvalue weighted by atomic mass is 16.3. The first-order chi connectivity index (χ1) is 14.5. The van der Waals surface area contributed by atoms with Gasteiger partial charge in [0.05, 0.1) is 23.2 Å². The van der Waals surface area contributed by atoms with Crippen molar-refractivity contribution >= 4 is 33.8 Å². The van der Waals surface area contributed by atoms with Gasteiger partial charge in [0.2, 0.25) is 0 Å². The van der Waals surface area contributed by atoms with Crippen LogP contribution in [0.25, 0.3) is 16.6 Å². The van der Waals surface area contributed by atoms with Crippen LogP contribution >= 0.6 is 0 Å². The SMILES string of the molecule is Cc1cc2nc(C3=C(O)CN(c4ccc(N5CCCCC5)cc4)C3=N)[nH]c2cc1C. The molecule has 0 radical (unpaired) electrons. The molecule has 1 fully saturated rings. The average molecular weight is 402 g/mol. The standard InChI is InChI=1S/C24H27N5O/c1-15-12-19-20(13-16(15)2)27-24(26-19)22-21(30)14-29(23(22)25)18-8-6-17(7-9-18)28-10-4-3-5-11-28/h6-9,12-13,25,30H,3-5,10-11,14H2,1-2H3,(H,26,27). The van der Waals surface area contributed by atoms with Gasteiger partial charge < -0.3 is 19.9 Å². The van der Waals surface area contributed by atoms with E-state index in [0.29, 0.717) is 11.4 Å². The molecule has 3 N–H and O–H groups in total. The van der Waals surface area contributed by atoms with Crippen LogP contribution in [-0.4, -0.2) is 40.5 Å². The zero-order chi connectivity index (χ0) is 20.8. The molecule has 1 saturated heterocycles. The summed E-state index contributed by atoms with van der Waals surface area (Å²) in [5.74, 6) is 0.989. The third-order valence-corrected chi connectivity index (χ3v) is 6.32. The van der Waals surface area contributed by atoms with Crippen molar-refractivity contribution in [1.82, 2.24) is 9.97 Å². The van der Waals surface area contributed by atoms with Crippen molar-refractivity contribution in [2.75, 3.05) is 29.4 Å². The van der Waals surface area contributed by atoms with Crippen LogP contribution in [-0.2, 0) is 0 Å². The van der Waals surface area contributed by atoms with Crippen LogP contribution in [0.4, 0.5) is 11.4 Å². The molecule has 5 rings (SSSR count). The number of benzene rings is 2. The number of amidine groups is 1. The van der Waals surface area contributed by atoms with E-state index in [-0.39, 0.29) is 18.1 Å². The minimum absolute atomic E-state index is 0.174. The number of aromatic nitrogens is 2. The first kappa shape index (κ1) is 18.7. The quantitative estimate of drug-likeness (QED) is 0.581. The molecule has 0 saturated carbocycles. The van der Waals surface area contributed by atoms with Crippen molar-refractivity contribution < 1.29 is 5.11 Å². The summed E-state index contributed by atoms with van der Waals surface area (Å²) < 4.78 is 0. The maximum Gasteiger partial charge on any atom is 0.145 e. The van der Waals surface area contributed by atoms with Crippen LogP contribution in [0.2, 0.25) is 0 Å². The third kappa shape index (κ3) is 3.12. The maximum atomic E-state index is 10.7. The van der Waals surface area contributed by atoms with E-state index in [1.165, 1.54) is 36.1 Å². The number of H-pyrrole nitrogens is 1. The minimum atomic E-state index is 0.174. The van der Waals surface area contributed by atoms with Crippen molar-refractivity contribution in [3.8, 4) is 0 Å². The fourth-order valence-electron chi connectivity index (χ4n) is 4.43. The third-order valence-electron chi connectivity index (χ3n) is 6.32. The van der Waals surface area contributed by atoms with E-state index >= 15 is 0 Å². The topological polar surface area (TPSA) is 79.2 Å². The Balaban J connectivity index is 1.41. The van der Waals surface area contributed by atoms with Crippen LogP contribution in [0.3, 0.4) is 0 Å². The van der Waals surface area contributed by atoms with E-state index in [1.807, 2.05) is 23.1 Å². The fraction of sp³-hybridized carbons (Fsp3) is 0.333. The summed E-state index contributed by atoms with van der Waals surface area (Å²) in [7, 11) is 0. The normalized spacial score (nSPS) is 17.5. The number of piperidine rings is 1. The Morgan fingerprint density at radius 2 is 1.63 bits per heavy atom. The van der Waals surface area contributed by atoms with Gasteiger partial charge in [-0.25, -0.2) is 4.98 Å². The van der Waals surface area contributed by atoms with Crippen molar-refractivity contribution in [3.63, 3.8) is 0 Å². The van der Waals surface area contributed by atoms with Gasteiger partial charge in [0.25, 0.3) is 0 Å². The molecule has 0 aliphatic carbocycles. The van der Waals surface area contributed by atoms with Gasteiger partial charge in [0.15, 0.2) is 0 Å². The average Bonchev–Trinajstić information content (AvgIpc) is 3.28. The molecule has 2 aromatic carbocycles. The number of hydrogen-bond acceptors (Lipinski definition) is 4. The van der Waals surface area contributed by atoms with Gasteiger partial charge in [-0.2, -0.15) is 0 Å². The lowest BCUT2D eigenvalue weighted by Gasteiger charge is -2.29. The molecule has 3 heterocycles. The molecule has 0 bridgehead atoms. The summed E-state index contributed by atoms with van der Waals surface area (Å²) in [6.07, 6.45) is 3.81. The molecule has 0 amide bonds. The number of rotatable bonds is 3. The zero-order valence-corrected chi connectivity index (χ0v) is 17.5. The number of nitrogens with zero attached hydrogens (tertiary/aromatic N) is 3. The molecule has 2 aliphatic rings. The highest BCUT2D eigenvalue weighted by Crippen LogP contribution is 2.32. The number of nitrogens with one attached hydrogen (secondary N) is 2. The smallest absolute Gasteiger partial charge is 0.145 e.